The predicted octanol–water partition coefficient (Wildman–Crippen LogP) is 3.29. The first-order valence-corrected chi connectivity index (χ1v) is 5.99. The minimum absolute atomic E-state index is 0.248. The highest BCUT2D eigenvalue weighted by atomic mass is 19.4. The van der Waals surface area contributed by atoms with Gasteiger partial charge in [0, 0.05) is 17.1 Å². The number of benzene rings is 1. The van der Waals surface area contributed by atoms with Gasteiger partial charge in [-0.05, 0) is 12.1 Å². The average Bonchev–Trinajstić information content (AvgIpc) is 2.45. The van der Waals surface area contributed by atoms with Gasteiger partial charge in [-0.3, -0.25) is 4.98 Å². The lowest BCUT2D eigenvalue weighted by Crippen LogP contribution is -2.13. The molecule has 0 bridgehead atoms. The van der Waals surface area contributed by atoms with E-state index in [0.717, 1.165) is 11.7 Å². The predicted molar refractivity (Wildman–Crippen MR) is 72.2 cm³/mol. The summed E-state index contributed by atoms with van der Waals surface area (Å²) < 4.78 is 39.4. The summed E-state index contributed by atoms with van der Waals surface area (Å²) in [4.78, 5) is 11.3. The summed E-state index contributed by atoms with van der Waals surface area (Å²) in [5.41, 5.74) is 4.97. The number of hydrogen-bond acceptors (Lipinski definition) is 4. The molecule has 0 amide bonds. The fourth-order valence-electron chi connectivity index (χ4n) is 2.11. The fraction of sp³-hybridized carbons (Fsp3) is 0.0714. The van der Waals surface area contributed by atoms with E-state index in [-0.39, 0.29) is 5.69 Å². The minimum Gasteiger partial charge on any atom is -0.383 e. The molecule has 0 saturated carbocycles. The van der Waals surface area contributed by atoms with Crippen molar-refractivity contribution in [2.75, 3.05) is 5.73 Å². The van der Waals surface area contributed by atoms with E-state index in [0.29, 0.717) is 11.1 Å². The first-order chi connectivity index (χ1) is 9.97. The van der Waals surface area contributed by atoms with Crippen molar-refractivity contribution in [2.45, 2.75) is 6.18 Å². The number of nitrogens with zero attached hydrogens (tertiary/aromatic N) is 3. The summed E-state index contributed by atoms with van der Waals surface area (Å²) in [6.07, 6.45) is -2.03. The fourth-order valence-corrected chi connectivity index (χ4v) is 2.11. The summed E-state index contributed by atoms with van der Waals surface area (Å²) in [7, 11) is 0. The Balaban J connectivity index is 2.25. The number of aromatic nitrogens is 3. The van der Waals surface area contributed by atoms with Crippen LogP contribution in [-0.4, -0.2) is 15.0 Å². The largest absolute Gasteiger partial charge is 0.422 e. The normalized spacial score (nSPS) is 11.8. The Hall–Kier alpha value is -2.70. The molecule has 3 aromatic rings. The van der Waals surface area contributed by atoms with Crippen LogP contribution in [0.4, 0.5) is 19.0 Å². The third-order valence-corrected chi connectivity index (χ3v) is 3.04. The third kappa shape index (κ3) is 2.37. The maximum Gasteiger partial charge on any atom is 0.422 e. The summed E-state index contributed by atoms with van der Waals surface area (Å²) >= 11 is 0. The molecule has 2 aromatic heterocycles. The van der Waals surface area contributed by atoms with Gasteiger partial charge in [-0.2, -0.15) is 13.2 Å². The second kappa shape index (κ2) is 4.69. The van der Waals surface area contributed by atoms with Gasteiger partial charge in [0.25, 0.3) is 0 Å². The van der Waals surface area contributed by atoms with E-state index in [1.54, 1.807) is 30.5 Å². The summed E-state index contributed by atoms with van der Waals surface area (Å²) in [5.74, 6) is -0.589. The van der Waals surface area contributed by atoms with Crippen LogP contribution in [0.15, 0.2) is 42.9 Å². The first-order valence-electron chi connectivity index (χ1n) is 5.99. The van der Waals surface area contributed by atoms with Crippen LogP contribution >= 0.6 is 0 Å². The molecule has 0 saturated heterocycles. The Labute approximate surface area is 117 Å². The minimum atomic E-state index is -4.63. The number of pyridine rings is 1. The molecule has 1 aromatic carbocycles. The molecule has 3 rings (SSSR count). The van der Waals surface area contributed by atoms with Gasteiger partial charge in [-0.25, -0.2) is 9.97 Å². The van der Waals surface area contributed by atoms with Crippen LogP contribution in [-0.2, 0) is 6.18 Å². The Bertz CT molecular complexity index is 815. The number of halogens is 3. The molecule has 7 heteroatoms. The quantitative estimate of drug-likeness (QED) is 0.747. The highest BCUT2D eigenvalue weighted by molar-refractivity contribution is 5.84. The van der Waals surface area contributed by atoms with Crippen LogP contribution in [0.5, 0.6) is 0 Å². The van der Waals surface area contributed by atoms with E-state index in [9.17, 15) is 13.2 Å². The van der Waals surface area contributed by atoms with E-state index >= 15 is 0 Å². The average molecular weight is 290 g/mol. The van der Waals surface area contributed by atoms with Crippen molar-refractivity contribution in [2.24, 2.45) is 0 Å². The number of alkyl halides is 3. The first kappa shape index (κ1) is 13.3. The molecule has 0 aliphatic rings. The van der Waals surface area contributed by atoms with Crippen LogP contribution < -0.4 is 5.73 Å². The van der Waals surface area contributed by atoms with Gasteiger partial charge in [0.1, 0.15) is 17.7 Å². The highest BCUT2D eigenvalue weighted by Crippen LogP contribution is 2.38. The number of fused-ring (bicyclic) bond motifs is 1. The van der Waals surface area contributed by atoms with Crippen molar-refractivity contribution in [1.82, 2.24) is 15.0 Å². The van der Waals surface area contributed by atoms with Crippen molar-refractivity contribution in [3.05, 3.63) is 48.4 Å². The monoisotopic (exact) mass is 290 g/mol. The van der Waals surface area contributed by atoms with Gasteiger partial charge in [-0.15, -0.1) is 0 Å². The topological polar surface area (TPSA) is 64.7 Å². The zero-order valence-electron chi connectivity index (χ0n) is 10.6. The number of hydrogen-bond donors (Lipinski definition) is 1. The molecule has 0 radical (unpaired) electrons. The summed E-state index contributed by atoms with van der Waals surface area (Å²) in [6, 6.07) is 8.38. The van der Waals surface area contributed by atoms with E-state index in [1.165, 1.54) is 0 Å². The number of rotatable bonds is 1. The molecule has 4 nitrogen and oxygen atoms in total. The molecule has 0 aliphatic carbocycles. The van der Waals surface area contributed by atoms with Gasteiger partial charge < -0.3 is 5.73 Å². The van der Waals surface area contributed by atoms with Crippen LogP contribution in [0.25, 0.3) is 22.2 Å². The van der Waals surface area contributed by atoms with Crippen molar-refractivity contribution in [3.8, 4) is 11.3 Å². The lowest BCUT2D eigenvalue weighted by molar-refractivity contribution is -0.136. The standard InChI is InChI=1S/C14H9F3N4/c15-14(16,17)11-12(20-7-21-13(11)18)9-4-3-8-2-1-5-19-10(8)6-9/h1-7H,(H2,18,20,21). The van der Waals surface area contributed by atoms with E-state index < -0.39 is 17.6 Å². The van der Waals surface area contributed by atoms with Crippen molar-refractivity contribution in [3.63, 3.8) is 0 Å². The maximum absolute atomic E-state index is 13.1. The summed E-state index contributed by atoms with van der Waals surface area (Å²) in [6.45, 7) is 0. The van der Waals surface area contributed by atoms with Crippen molar-refractivity contribution >= 4 is 16.7 Å². The van der Waals surface area contributed by atoms with E-state index in [1.807, 2.05) is 6.07 Å². The smallest absolute Gasteiger partial charge is 0.383 e. The van der Waals surface area contributed by atoms with Crippen molar-refractivity contribution < 1.29 is 13.2 Å². The van der Waals surface area contributed by atoms with E-state index in [4.69, 9.17) is 5.73 Å². The molecule has 21 heavy (non-hydrogen) atoms. The van der Waals surface area contributed by atoms with Gasteiger partial charge in [0.2, 0.25) is 0 Å². The highest BCUT2D eigenvalue weighted by Gasteiger charge is 2.37. The lowest BCUT2D eigenvalue weighted by atomic mass is 10.0. The van der Waals surface area contributed by atoms with Crippen LogP contribution in [0.3, 0.4) is 0 Å². The lowest BCUT2D eigenvalue weighted by Gasteiger charge is -2.13. The van der Waals surface area contributed by atoms with Crippen LogP contribution in [0.1, 0.15) is 5.56 Å². The number of nitrogens with two attached hydrogens (primary N) is 1. The van der Waals surface area contributed by atoms with Gasteiger partial charge in [0.05, 0.1) is 11.2 Å². The molecule has 0 spiro atoms. The number of nitrogen functional groups attached to an aromatic ring is 1. The Morgan fingerprint density at radius 1 is 1.00 bits per heavy atom. The Morgan fingerprint density at radius 2 is 1.81 bits per heavy atom. The Morgan fingerprint density at radius 3 is 2.57 bits per heavy atom. The molecular weight excluding hydrogens is 281 g/mol. The zero-order chi connectivity index (χ0) is 15.0. The van der Waals surface area contributed by atoms with Crippen LogP contribution in [0.2, 0.25) is 0 Å². The zero-order valence-corrected chi connectivity index (χ0v) is 10.6. The molecule has 0 fully saturated rings. The van der Waals surface area contributed by atoms with Gasteiger partial charge in [0.15, 0.2) is 0 Å². The molecule has 0 atom stereocenters. The molecule has 0 aliphatic heterocycles. The molecule has 2 heterocycles. The summed E-state index contributed by atoms with van der Waals surface area (Å²) in [5, 5.41) is 0.830. The second-order valence-corrected chi connectivity index (χ2v) is 4.39. The second-order valence-electron chi connectivity index (χ2n) is 4.39. The molecule has 0 unspecified atom stereocenters. The van der Waals surface area contributed by atoms with Gasteiger partial charge in [-0.1, -0.05) is 18.2 Å². The van der Waals surface area contributed by atoms with Gasteiger partial charge >= 0.3 is 6.18 Å². The molecular formula is C14H9F3N4. The molecule has 106 valence electrons. The van der Waals surface area contributed by atoms with Crippen molar-refractivity contribution in [1.29, 1.82) is 0 Å². The molecule has 2 N–H and O–H groups in total. The Kier molecular flexibility index (Phi) is 2.97. The van der Waals surface area contributed by atoms with Crippen LogP contribution in [0, 0.1) is 0 Å². The number of anilines is 1. The third-order valence-electron chi connectivity index (χ3n) is 3.04. The maximum atomic E-state index is 13.1. The SMILES string of the molecule is Nc1ncnc(-c2ccc3cccnc3c2)c1C(F)(F)F. The van der Waals surface area contributed by atoms with E-state index in [2.05, 4.69) is 15.0 Å².